The van der Waals surface area contributed by atoms with E-state index in [1.54, 1.807) is 11.8 Å². The summed E-state index contributed by atoms with van der Waals surface area (Å²) in [5.74, 6) is 1.78. The molecule has 0 saturated carbocycles. The number of amides is 1. The van der Waals surface area contributed by atoms with Crippen molar-refractivity contribution in [3.05, 3.63) is 30.3 Å². The zero-order valence-electron chi connectivity index (χ0n) is 10.5. The van der Waals surface area contributed by atoms with E-state index in [9.17, 15) is 4.79 Å². The van der Waals surface area contributed by atoms with Crippen LogP contribution in [0.3, 0.4) is 0 Å². The summed E-state index contributed by atoms with van der Waals surface area (Å²) in [5, 5.41) is 0. The van der Waals surface area contributed by atoms with Crippen molar-refractivity contribution in [3.63, 3.8) is 0 Å². The van der Waals surface area contributed by atoms with Gasteiger partial charge < -0.3 is 4.90 Å². The van der Waals surface area contributed by atoms with Crippen molar-refractivity contribution in [2.75, 3.05) is 18.2 Å². The molecule has 0 radical (unpaired) electrons. The van der Waals surface area contributed by atoms with Crippen LogP contribution in [-0.4, -0.2) is 35.0 Å². The molecular weight excluding hydrogens is 266 g/mol. The normalized spacial score (nSPS) is 23.3. The molecule has 1 aliphatic heterocycles. The van der Waals surface area contributed by atoms with E-state index in [-0.39, 0.29) is 11.9 Å². The van der Waals surface area contributed by atoms with Crippen LogP contribution in [0.25, 0.3) is 0 Å². The number of carbonyl (C=O) groups is 1. The number of hydrogen-bond donors (Lipinski definition) is 0. The predicted octanol–water partition coefficient (Wildman–Crippen LogP) is 3.25. The van der Waals surface area contributed by atoms with Crippen molar-refractivity contribution in [1.29, 1.82) is 0 Å². The molecule has 1 aliphatic rings. The Morgan fingerprint density at radius 1 is 1.44 bits per heavy atom. The Hall–Kier alpha value is -0.670. The van der Waals surface area contributed by atoms with Gasteiger partial charge in [0.2, 0.25) is 5.91 Å². The molecule has 1 aromatic rings. The topological polar surface area (TPSA) is 20.3 Å². The molecule has 2 atom stereocenters. The minimum Gasteiger partial charge on any atom is -0.338 e. The fourth-order valence-electron chi connectivity index (χ4n) is 2.30. The summed E-state index contributed by atoms with van der Waals surface area (Å²) < 4.78 is 0. The van der Waals surface area contributed by atoms with Gasteiger partial charge >= 0.3 is 0 Å². The van der Waals surface area contributed by atoms with Crippen LogP contribution in [0.1, 0.15) is 13.3 Å². The van der Waals surface area contributed by atoms with E-state index in [1.165, 1.54) is 0 Å². The van der Waals surface area contributed by atoms with Crippen LogP contribution in [0.15, 0.2) is 35.2 Å². The maximum absolute atomic E-state index is 12.2. The second-order valence-corrected chi connectivity index (χ2v) is 6.03. The molecule has 1 aromatic carbocycles. The Labute approximate surface area is 118 Å². The fraction of sp³-hybridized carbons (Fsp3) is 0.500. The standard InChI is InChI=1S/C14H18ClNOS/c1-11-7-8-16(13(11)9-15)14(17)10-18-12-5-3-2-4-6-12/h2-6,11,13H,7-10H2,1H3. The molecule has 2 rings (SSSR count). The summed E-state index contributed by atoms with van der Waals surface area (Å²) in [7, 11) is 0. The molecule has 0 N–H and O–H groups in total. The summed E-state index contributed by atoms with van der Waals surface area (Å²) in [5.41, 5.74) is 0. The summed E-state index contributed by atoms with van der Waals surface area (Å²) in [6.07, 6.45) is 1.07. The molecule has 98 valence electrons. The molecule has 0 spiro atoms. The Morgan fingerprint density at radius 3 is 2.83 bits per heavy atom. The first-order valence-corrected chi connectivity index (χ1v) is 7.77. The Morgan fingerprint density at radius 2 is 2.17 bits per heavy atom. The van der Waals surface area contributed by atoms with Gasteiger partial charge in [-0.1, -0.05) is 25.1 Å². The quantitative estimate of drug-likeness (QED) is 0.624. The minimum atomic E-state index is 0.207. The summed E-state index contributed by atoms with van der Waals surface area (Å²) >= 11 is 7.55. The highest BCUT2D eigenvalue weighted by atomic mass is 35.5. The molecule has 1 heterocycles. The van der Waals surface area contributed by atoms with Crippen molar-refractivity contribution in [2.45, 2.75) is 24.3 Å². The largest absolute Gasteiger partial charge is 0.338 e. The van der Waals surface area contributed by atoms with E-state index in [4.69, 9.17) is 11.6 Å². The lowest BCUT2D eigenvalue weighted by Gasteiger charge is -2.25. The van der Waals surface area contributed by atoms with Gasteiger partial charge in [0, 0.05) is 23.4 Å². The molecule has 18 heavy (non-hydrogen) atoms. The van der Waals surface area contributed by atoms with Crippen LogP contribution in [0, 0.1) is 5.92 Å². The van der Waals surface area contributed by atoms with Crippen LogP contribution in [0.4, 0.5) is 0 Å². The van der Waals surface area contributed by atoms with Gasteiger partial charge in [-0.05, 0) is 24.5 Å². The highest BCUT2D eigenvalue weighted by Gasteiger charge is 2.33. The second kappa shape index (κ2) is 6.48. The number of carbonyl (C=O) groups excluding carboxylic acids is 1. The van der Waals surface area contributed by atoms with E-state index in [2.05, 4.69) is 6.92 Å². The third-order valence-corrected chi connectivity index (χ3v) is 4.78. The van der Waals surface area contributed by atoms with Gasteiger partial charge in [-0.3, -0.25) is 4.79 Å². The van der Waals surface area contributed by atoms with Gasteiger partial charge in [0.05, 0.1) is 5.75 Å². The van der Waals surface area contributed by atoms with E-state index >= 15 is 0 Å². The van der Waals surface area contributed by atoms with Gasteiger partial charge in [0.1, 0.15) is 0 Å². The lowest BCUT2D eigenvalue weighted by atomic mass is 10.1. The Bertz CT molecular complexity index is 398. The first kappa shape index (κ1) is 13.8. The van der Waals surface area contributed by atoms with Gasteiger partial charge in [-0.15, -0.1) is 23.4 Å². The summed E-state index contributed by atoms with van der Waals surface area (Å²) in [6, 6.07) is 10.2. The summed E-state index contributed by atoms with van der Waals surface area (Å²) in [6.45, 7) is 3.03. The minimum absolute atomic E-state index is 0.207. The number of benzene rings is 1. The molecular formula is C14H18ClNOS. The van der Waals surface area contributed by atoms with Crippen LogP contribution in [0.2, 0.25) is 0 Å². The lowest BCUT2D eigenvalue weighted by molar-refractivity contribution is -0.129. The number of nitrogens with zero attached hydrogens (tertiary/aromatic N) is 1. The molecule has 1 fully saturated rings. The van der Waals surface area contributed by atoms with Crippen molar-refractivity contribution in [2.24, 2.45) is 5.92 Å². The van der Waals surface area contributed by atoms with Crippen LogP contribution in [0.5, 0.6) is 0 Å². The van der Waals surface area contributed by atoms with Crippen molar-refractivity contribution >= 4 is 29.3 Å². The third-order valence-electron chi connectivity index (χ3n) is 3.47. The average Bonchev–Trinajstić information content (AvgIpc) is 2.78. The number of halogens is 1. The van der Waals surface area contributed by atoms with E-state index in [0.717, 1.165) is 17.9 Å². The average molecular weight is 284 g/mol. The zero-order valence-corrected chi connectivity index (χ0v) is 12.1. The maximum atomic E-state index is 12.2. The molecule has 0 aromatic heterocycles. The van der Waals surface area contributed by atoms with Crippen molar-refractivity contribution in [1.82, 2.24) is 4.90 Å². The molecule has 1 saturated heterocycles. The van der Waals surface area contributed by atoms with Crippen LogP contribution >= 0.6 is 23.4 Å². The smallest absolute Gasteiger partial charge is 0.233 e. The highest BCUT2D eigenvalue weighted by Crippen LogP contribution is 2.26. The van der Waals surface area contributed by atoms with Gasteiger partial charge in [-0.25, -0.2) is 0 Å². The van der Waals surface area contributed by atoms with E-state index in [1.807, 2.05) is 35.2 Å². The third kappa shape index (κ3) is 3.21. The molecule has 4 heteroatoms. The van der Waals surface area contributed by atoms with Crippen LogP contribution in [-0.2, 0) is 4.79 Å². The lowest BCUT2D eigenvalue weighted by Crippen LogP contribution is -2.39. The highest BCUT2D eigenvalue weighted by molar-refractivity contribution is 8.00. The second-order valence-electron chi connectivity index (χ2n) is 4.68. The molecule has 0 bridgehead atoms. The van der Waals surface area contributed by atoms with Crippen molar-refractivity contribution in [3.8, 4) is 0 Å². The number of hydrogen-bond acceptors (Lipinski definition) is 2. The molecule has 2 nitrogen and oxygen atoms in total. The van der Waals surface area contributed by atoms with Crippen molar-refractivity contribution < 1.29 is 4.79 Å². The monoisotopic (exact) mass is 283 g/mol. The molecule has 0 aliphatic carbocycles. The summed E-state index contributed by atoms with van der Waals surface area (Å²) in [4.78, 5) is 15.3. The zero-order chi connectivity index (χ0) is 13.0. The van der Waals surface area contributed by atoms with E-state index < -0.39 is 0 Å². The fourth-order valence-corrected chi connectivity index (χ4v) is 3.57. The number of alkyl halides is 1. The SMILES string of the molecule is CC1CCN(C(=O)CSc2ccccc2)C1CCl. The number of thioether (sulfide) groups is 1. The Balaban J connectivity index is 1.88. The molecule has 1 amide bonds. The molecule has 2 unspecified atom stereocenters. The first-order chi connectivity index (χ1) is 8.72. The first-order valence-electron chi connectivity index (χ1n) is 6.25. The van der Waals surface area contributed by atoms with E-state index in [0.29, 0.717) is 17.6 Å². The van der Waals surface area contributed by atoms with Gasteiger partial charge in [-0.2, -0.15) is 0 Å². The van der Waals surface area contributed by atoms with Gasteiger partial charge in [0.25, 0.3) is 0 Å². The van der Waals surface area contributed by atoms with Crippen LogP contribution < -0.4 is 0 Å². The van der Waals surface area contributed by atoms with Gasteiger partial charge in [0.15, 0.2) is 0 Å². The maximum Gasteiger partial charge on any atom is 0.233 e. The Kier molecular flexibility index (Phi) is 4.95. The number of likely N-dealkylation sites (tertiary alicyclic amines) is 1. The number of rotatable bonds is 4. The predicted molar refractivity (Wildman–Crippen MR) is 77.2 cm³/mol.